The van der Waals surface area contributed by atoms with Crippen LogP contribution >= 0.6 is 0 Å². The van der Waals surface area contributed by atoms with Crippen LogP contribution in [0.1, 0.15) is 83.5 Å². The molecule has 0 bridgehead atoms. The molecule has 3 fully saturated rings. The van der Waals surface area contributed by atoms with Gasteiger partial charge in [-0.2, -0.15) is 0 Å². The first-order chi connectivity index (χ1) is 9.27. The molecule has 3 aliphatic rings. The molecule has 110 valence electrons. The van der Waals surface area contributed by atoms with Crippen LogP contribution in [0.25, 0.3) is 0 Å². The van der Waals surface area contributed by atoms with E-state index in [9.17, 15) is 0 Å². The Morgan fingerprint density at radius 1 is 0.737 bits per heavy atom. The molecule has 3 rings (SSSR count). The van der Waals surface area contributed by atoms with Crippen molar-refractivity contribution in [2.45, 2.75) is 101 Å². The lowest BCUT2D eigenvalue weighted by Gasteiger charge is -2.49. The van der Waals surface area contributed by atoms with Crippen LogP contribution in [0.2, 0.25) is 0 Å². The smallest absolute Gasteiger partial charge is 0.0283 e. The molecule has 0 unspecified atom stereocenters. The Morgan fingerprint density at radius 2 is 1.21 bits per heavy atom. The van der Waals surface area contributed by atoms with E-state index in [-0.39, 0.29) is 5.54 Å². The fourth-order valence-corrected chi connectivity index (χ4v) is 4.53. The van der Waals surface area contributed by atoms with E-state index in [0.29, 0.717) is 0 Å². The zero-order valence-electron chi connectivity index (χ0n) is 12.6. The van der Waals surface area contributed by atoms with Crippen molar-refractivity contribution in [3.63, 3.8) is 0 Å². The van der Waals surface area contributed by atoms with Gasteiger partial charge in [-0.25, -0.2) is 0 Å². The van der Waals surface area contributed by atoms with Gasteiger partial charge < -0.3 is 5.73 Å². The highest BCUT2D eigenvalue weighted by molar-refractivity contribution is 4.98. The van der Waals surface area contributed by atoms with Crippen molar-refractivity contribution in [2.75, 3.05) is 6.54 Å². The molecule has 3 aliphatic carbocycles. The molecular formula is C17H32N2. The Hall–Kier alpha value is -0.0800. The third-order valence-corrected chi connectivity index (χ3v) is 5.93. The second kappa shape index (κ2) is 6.13. The Balaban J connectivity index is 1.65. The van der Waals surface area contributed by atoms with E-state index >= 15 is 0 Å². The maximum atomic E-state index is 6.58. The van der Waals surface area contributed by atoms with Crippen molar-refractivity contribution < 1.29 is 0 Å². The minimum absolute atomic E-state index is 0.175. The molecular weight excluding hydrogens is 232 g/mol. The summed E-state index contributed by atoms with van der Waals surface area (Å²) in [5.74, 6) is 0. The number of nitrogens with two attached hydrogens (primary N) is 1. The van der Waals surface area contributed by atoms with Gasteiger partial charge in [0.25, 0.3) is 0 Å². The highest BCUT2D eigenvalue weighted by Crippen LogP contribution is 2.36. The van der Waals surface area contributed by atoms with Gasteiger partial charge >= 0.3 is 0 Å². The topological polar surface area (TPSA) is 29.3 Å². The molecule has 0 spiro atoms. The molecule has 2 N–H and O–H groups in total. The van der Waals surface area contributed by atoms with Crippen LogP contribution in [0.4, 0.5) is 0 Å². The average molecular weight is 264 g/mol. The Morgan fingerprint density at radius 3 is 1.58 bits per heavy atom. The van der Waals surface area contributed by atoms with E-state index in [1.165, 1.54) is 90.0 Å². The summed E-state index contributed by atoms with van der Waals surface area (Å²) in [4.78, 5) is 2.89. The molecule has 0 aromatic carbocycles. The monoisotopic (exact) mass is 264 g/mol. The minimum Gasteiger partial charge on any atom is -0.324 e. The summed E-state index contributed by atoms with van der Waals surface area (Å²) in [7, 11) is 0. The van der Waals surface area contributed by atoms with Gasteiger partial charge in [0.15, 0.2) is 0 Å². The molecule has 2 heteroatoms. The minimum atomic E-state index is 0.175. The second-order valence-corrected chi connectivity index (χ2v) is 7.47. The highest BCUT2D eigenvalue weighted by Gasteiger charge is 2.38. The summed E-state index contributed by atoms with van der Waals surface area (Å²) >= 11 is 0. The fraction of sp³-hybridized carbons (Fsp3) is 1.00. The molecule has 3 saturated carbocycles. The van der Waals surface area contributed by atoms with Crippen LogP contribution in [0.5, 0.6) is 0 Å². The van der Waals surface area contributed by atoms with E-state index in [1.54, 1.807) is 0 Å². The van der Waals surface area contributed by atoms with Gasteiger partial charge in [-0.3, -0.25) is 4.90 Å². The van der Waals surface area contributed by atoms with Crippen molar-refractivity contribution in [3.05, 3.63) is 0 Å². The van der Waals surface area contributed by atoms with Crippen LogP contribution < -0.4 is 5.73 Å². The van der Waals surface area contributed by atoms with Crippen molar-refractivity contribution in [3.8, 4) is 0 Å². The maximum Gasteiger partial charge on any atom is 0.0283 e. The van der Waals surface area contributed by atoms with Crippen LogP contribution in [-0.4, -0.2) is 29.1 Å². The second-order valence-electron chi connectivity index (χ2n) is 7.47. The largest absolute Gasteiger partial charge is 0.324 e. The number of nitrogens with zero attached hydrogens (tertiary/aromatic N) is 1. The average Bonchev–Trinajstić information content (AvgIpc) is 2.45. The third-order valence-electron chi connectivity index (χ3n) is 5.93. The molecule has 0 amide bonds. The fourth-order valence-electron chi connectivity index (χ4n) is 4.53. The normalized spacial score (nSPS) is 29.4. The Bertz CT molecular complexity index is 255. The van der Waals surface area contributed by atoms with Crippen molar-refractivity contribution in [2.24, 2.45) is 5.73 Å². The van der Waals surface area contributed by atoms with E-state index in [4.69, 9.17) is 5.73 Å². The van der Waals surface area contributed by atoms with Gasteiger partial charge in [0.1, 0.15) is 0 Å². The van der Waals surface area contributed by atoms with Gasteiger partial charge in [-0.15, -0.1) is 0 Å². The Labute approximate surface area is 119 Å². The van der Waals surface area contributed by atoms with Gasteiger partial charge in [0.2, 0.25) is 0 Å². The van der Waals surface area contributed by atoms with Crippen LogP contribution in [0.15, 0.2) is 0 Å². The van der Waals surface area contributed by atoms with Gasteiger partial charge in [-0.05, 0) is 44.9 Å². The first-order valence-corrected chi connectivity index (χ1v) is 8.81. The zero-order chi connectivity index (χ0) is 13.1. The third kappa shape index (κ3) is 3.33. The highest BCUT2D eigenvalue weighted by atomic mass is 15.2. The van der Waals surface area contributed by atoms with Gasteiger partial charge in [-0.1, -0.05) is 38.5 Å². The van der Waals surface area contributed by atoms with Crippen molar-refractivity contribution in [1.29, 1.82) is 0 Å². The first kappa shape index (κ1) is 13.9. The molecule has 0 radical (unpaired) electrons. The van der Waals surface area contributed by atoms with E-state index < -0.39 is 0 Å². The molecule has 0 saturated heterocycles. The SMILES string of the molecule is NC1(CN(C2CCCCC2)C2CCCCC2)CCC1. The first-order valence-electron chi connectivity index (χ1n) is 8.81. The summed E-state index contributed by atoms with van der Waals surface area (Å²) in [6, 6.07) is 1.72. The van der Waals surface area contributed by atoms with Crippen molar-refractivity contribution in [1.82, 2.24) is 4.90 Å². The van der Waals surface area contributed by atoms with Crippen LogP contribution in [-0.2, 0) is 0 Å². The van der Waals surface area contributed by atoms with Gasteiger partial charge in [0, 0.05) is 24.2 Å². The molecule has 19 heavy (non-hydrogen) atoms. The van der Waals surface area contributed by atoms with Gasteiger partial charge in [0.05, 0.1) is 0 Å². The molecule has 0 atom stereocenters. The molecule has 0 aromatic heterocycles. The number of hydrogen-bond acceptors (Lipinski definition) is 2. The lowest BCUT2D eigenvalue weighted by molar-refractivity contribution is 0.0372. The predicted octanol–water partition coefficient (Wildman–Crippen LogP) is 3.84. The van der Waals surface area contributed by atoms with Crippen LogP contribution in [0.3, 0.4) is 0 Å². The zero-order valence-corrected chi connectivity index (χ0v) is 12.6. The Kier molecular flexibility index (Phi) is 4.48. The number of hydrogen-bond donors (Lipinski definition) is 1. The van der Waals surface area contributed by atoms with Crippen LogP contribution in [0, 0.1) is 0 Å². The summed E-state index contributed by atoms with van der Waals surface area (Å²) in [5, 5.41) is 0. The summed E-state index contributed by atoms with van der Waals surface area (Å²) < 4.78 is 0. The van der Waals surface area contributed by atoms with E-state index in [0.717, 1.165) is 12.1 Å². The quantitative estimate of drug-likeness (QED) is 0.836. The predicted molar refractivity (Wildman–Crippen MR) is 81.2 cm³/mol. The molecule has 2 nitrogen and oxygen atoms in total. The van der Waals surface area contributed by atoms with E-state index in [2.05, 4.69) is 4.90 Å². The summed E-state index contributed by atoms with van der Waals surface area (Å²) in [6.45, 7) is 1.20. The lowest BCUT2D eigenvalue weighted by Crippen LogP contribution is -2.59. The molecule has 0 aromatic rings. The summed E-state index contributed by atoms with van der Waals surface area (Å²) in [5.41, 5.74) is 6.75. The summed E-state index contributed by atoms with van der Waals surface area (Å²) in [6.07, 6.45) is 18.4. The van der Waals surface area contributed by atoms with E-state index in [1.807, 2.05) is 0 Å². The molecule has 0 aliphatic heterocycles. The lowest BCUT2D eigenvalue weighted by atomic mass is 9.76. The molecule has 0 heterocycles. The van der Waals surface area contributed by atoms with Crippen molar-refractivity contribution >= 4 is 0 Å². The number of rotatable bonds is 4. The standard InChI is InChI=1S/C17H32N2/c18-17(12-7-13-17)14-19(15-8-3-1-4-9-15)16-10-5-2-6-11-16/h15-16H,1-14,18H2. The maximum absolute atomic E-state index is 6.58.